The van der Waals surface area contributed by atoms with Crippen LogP contribution < -0.4 is 0 Å². The quantitative estimate of drug-likeness (QED) is 0.706. The van der Waals surface area contributed by atoms with Gasteiger partial charge in [-0.2, -0.15) is 0 Å². The Hall–Kier alpha value is -2.26. The largest absolute Gasteiger partial charge is 0.445 e. The number of ether oxygens (including phenoxy) is 1. The van der Waals surface area contributed by atoms with E-state index in [1.54, 1.807) is 0 Å². The number of benzene rings is 2. The number of halogens is 1. The molecule has 4 rings (SSSR count). The fourth-order valence-corrected chi connectivity index (χ4v) is 4.22. The van der Waals surface area contributed by atoms with Crippen molar-refractivity contribution in [3.63, 3.8) is 0 Å². The molecule has 3 nitrogen and oxygen atoms in total. The van der Waals surface area contributed by atoms with E-state index >= 15 is 0 Å². The number of amides is 1. The van der Waals surface area contributed by atoms with Gasteiger partial charge in [-0.05, 0) is 60.6 Å². The third kappa shape index (κ3) is 3.36. The lowest BCUT2D eigenvalue weighted by molar-refractivity contribution is 0.0832. The van der Waals surface area contributed by atoms with Gasteiger partial charge in [0.1, 0.15) is 6.61 Å². The van der Waals surface area contributed by atoms with Crippen molar-refractivity contribution in [3.8, 4) is 0 Å². The standard InChI is InChI=1S/C22H22ClNO2/c1-15-7-8-18(23)13-21(15)17-11-19-9-10-20(12-17)24(19)22(25)26-14-16-5-3-2-4-6-16/h2-8,11,13,19-20H,9-10,12,14H2,1H3. The first-order valence-electron chi connectivity index (χ1n) is 9.08. The predicted molar refractivity (Wildman–Crippen MR) is 104 cm³/mol. The zero-order valence-corrected chi connectivity index (χ0v) is 15.6. The maximum atomic E-state index is 12.6. The average molecular weight is 368 g/mol. The highest BCUT2D eigenvalue weighted by Crippen LogP contribution is 2.40. The maximum Gasteiger partial charge on any atom is 0.410 e. The van der Waals surface area contributed by atoms with Gasteiger partial charge in [-0.1, -0.05) is 54.1 Å². The molecule has 2 aromatic carbocycles. The monoisotopic (exact) mass is 367 g/mol. The molecular weight excluding hydrogens is 346 g/mol. The van der Waals surface area contributed by atoms with Gasteiger partial charge in [-0.3, -0.25) is 4.90 Å². The Morgan fingerprint density at radius 1 is 1.19 bits per heavy atom. The van der Waals surface area contributed by atoms with E-state index in [1.807, 2.05) is 47.4 Å². The summed E-state index contributed by atoms with van der Waals surface area (Å²) in [4.78, 5) is 14.6. The number of carbonyl (C=O) groups excluding carboxylic acids is 1. The molecule has 2 unspecified atom stereocenters. The van der Waals surface area contributed by atoms with Crippen LogP contribution in [-0.4, -0.2) is 23.1 Å². The smallest absolute Gasteiger partial charge is 0.410 e. The summed E-state index contributed by atoms with van der Waals surface area (Å²) in [5.74, 6) is 0. The van der Waals surface area contributed by atoms with Crippen LogP contribution in [0.5, 0.6) is 0 Å². The fraction of sp³-hybridized carbons (Fsp3) is 0.318. The second kappa shape index (κ2) is 7.16. The number of rotatable bonds is 3. The number of nitrogens with zero attached hydrogens (tertiary/aromatic N) is 1. The molecule has 2 aliphatic heterocycles. The normalized spacial score (nSPS) is 21.5. The van der Waals surface area contributed by atoms with Gasteiger partial charge < -0.3 is 4.74 Å². The minimum Gasteiger partial charge on any atom is -0.445 e. The summed E-state index contributed by atoms with van der Waals surface area (Å²) in [6.45, 7) is 2.43. The van der Waals surface area contributed by atoms with Gasteiger partial charge in [0, 0.05) is 11.1 Å². The Kier molecular flexibility index (Phi) is 4.73. The molecule has 0 aliphatic carbocycles. The molecule has 2 atom stereocenters. The fourth-order valence-electron chi connectivity index (χ4n) is 4.05. The second-order valence-electron chi connectivity index (χ2n) is 7.10. The molecule has 0 N–H and O–H groups in total. The Labute approximate surface area is 159 Å². The molecule has 1 fully saturated rings. The molecule has 2 aromatic rings. The Bertz CT molecular complexity index is 846. The molecule has 4 heteroatoms. The zero-order chi connectivity index (χ0) is 18.1. The number of hydrogen-bond acceptors (Lipinski definition) is 2. The van der Waals surface area contributed by atoms with Gasteiger partial charge in [0.05, 0.1) is 6.04 Å². The summed E-state index contributed by atoms with van der Waals surface area (Å²) in [5, 5.41) is 0.753. The van der Waals surface area contributed by atoms with E-state index < -0.39 is 0 Å². The minimum atomic E-state index is -0.209. The lowest BCUT2D eigenvalue weighted by atomic mass is 9.92. The molecule has 0 saturated carbocycles. The maximum absolute atomic E-state index is 12.6. The molecule has 0 radical (unpaired) electrons. The lowest BCUT2D eigenvalue weighted by Crippen LogP contribution is -2.43. The Morgan fingerprint density at radius 2 is 2.00 bits per heavy atom. The van der Waals surface area contributed by atoms with Crippen molar-refractivity contribution in [2.45, 2.75) is 44.9 Å². The second-order valence-corrected chi connectivity index (χ2v) is 7.54. The highest BCUT2D eigenvalue weighted by molar-refractivity contribution is 6.30. The highest BCUT2D eigenvalue weighted by atomic mass is 35.5. The summed E-state index contributed by atoms with van der Waals surface area (Å²) < 4.78 is 5.57. The van der Waals surface area contributed by atoms with E-state index in [1.165, 1.54) is 16.7 Å². The van der Waals surface area contributed by atoms with Crippen LogP contribution in [0.15, 0.2) is 54.6 Å². The van der Waals surface area contributed by atoms with Crippen molar-refractivity contribution < 1.29 is 9.53 Å². The minimum absolute atomic E-state index is 0.116. The molecule has 0 spiro atoms. The van der Waals surface area contributed by atoms with Gasteiger partial charge in [0.25, 0.3) is 0 Å². The van der Waals surface area contributed by atoms with Crippen LogP contribution in [0.25, 0.3) is 5.57 Å². The van der Waals surface area contributed by atoms with Crippen LogP contribution in [0.1, 0.15) is 36.0 Å². The van der Waals surface area contributed by atoms with Crippen molar-refractivity contribution in [2.24, 2.45) is 0 Å². The zero-order valence-electron chi connectivity index (χ0n) is 14.8. The van der Waals surface area contributed by atoms with Crippen LogP contribution in [0.3, 0.4) is 0 Å². The predicted octanol–water partition coefficient (Wildman–Crippen LogP) is 5.61. The average Bonchev–Trinajstić information content (AvgIpc) is 2.92. The van der Waals surface area contributed by atoms with Gasteiger partial charge in [-0.25, -0.2) is 4.79 Å². The van der Waals surface area contributed by atoms with E-state index in [0.29, 0.717) is 6.61 Å². The van der Waals surface area contributed by atoms with Gasteiger partial charge >= 0.3 is 6.09 Å². The Morgan fingerprint density at radius 3 is 2.77 bits per heavy atom. The van der Waals surface area contributed by atoms with E-state index in [4.69, 9.17) is 16.3 Å². The number of fused-ring (bicyclic) bond motifs is 2. The van der Waals surface area contributed by atoms with E-state index in [9.17, 15) is 4.79 Å². The van der Waals surface area contributed by atoms with Crippen molar-refractivity contribution in [2.75, 3.05) is 0 Å². The summed E-state index contributed by atoms with van der Waals surface area (Å²) in [7, 11) is 0. The highest BCUT2D eigenvalue weighted by Gasteiger charge is 2.40. The van der Waals surface area contributed by atoms with Crippen molar-refractivity contribution in [1.29, 1.82) is 0 Å². The third-order valence-electron chi connectivity index (χ3n) is 5.36. The molecule has 1 saturated heterocycles. The molecule has 2 bridgehead atoms. The van der Waals surface area contributed by atoms with Crippen molar-refractivity contribution in [3.05, 3.63) is 76.3 Å². The molecule has 134 valence electrons. The first-order valence-corrected chi connectivity index (χ1v) is 9.46. The van der Waals surface area contributed by atoms with E-state index in [2.05, 4.69) is 19.1 Å². The number of aryl methyl sites for hydroxylation is 1. The molecule has 26 heavy (non-hydrogen) atoms. The number of carbonyl (C=O) groups is 1. The topological polar surface area (TPSA) is 29.5 Å². The number of hydrogen-bond donors (Lipinski definition) is 0. The summed E-state index contributed by atoms with van der Waals surface area (Å²) in [6.07, 6.45) is 4.89. The van der Waals surface area contributed by atoms with E-state index in [0.717, 1.165) is 29.8 Å². The van der Waals surface area contributed by atoms with Crippen molar-refractivity contribution >= 4 is 23.3 Å². The molecule has 2 aliphatic rings. The third-order valence-corrected chi connectivity index (χ3v) is 5.59. The van der Waals surface area contributed by atoms with Crippen LogP contribution >= 0.6 is 11.6 Å². The summed E-state index contributed by atoms with van der Waals surface area (Å²) >= 11 is 6.19. The van der Waals surface area contributed by atoms with Gasteiger partial charge in [-0.15, -0.1) is 0 Å². The van der Waals surface area contributed by atoms with Crippen LogP contribution in [0.4, 0.5) is 4.79 Å². The summed E-state index contributed by atoms with van der Waals surface area (Å²) in [5.41, 5.74) is 4.73. The van der Waals surface area contributed by atoms with Gasteiger partial charge in [0.2, 0.25) is 0 Å². The van der Waals surface area contributed by atoms with Crippen LogP contribution in [0.2, 0.25) is 5.02 Å². The lowest BCUT2D eigenvalue weighted by Gasteiger charge is -2.33. The SMILES string of the molecule is Cc1ccc(Cl)cc1C1=CC2CCC(C1)N2C(=O)OCc1ccccc1. The van der Waals surface area contributed by atoms with Gasteiger partial charge in [0.15, 0.2) is 0 Å². The molecular formula is C22H22ClNO2. The summed E-state index contributed by atoms with van der Waals surface area (Å²) in [6, 6.07) is 16.1. The van der Waals surface area contributed by atoms with Crippen LogP contribution in [-0.2, 0) is 11.3 Å². The molecule has 2 heterocycles. The molecule has 0 aromatic heterocycles. The van der Waals surface area contributed by atoms with Crippen LogP contribution in [0, 0.1) is 6.92 Å². The molecule has 1 amide bonds. The Balaban J connectivity index is 1.50. The first-order chi connectivity index (χ1) is 12.6. The van der Waals surface area contributed by atoms with E-state index in [-0.39, 0.29) is 18.2 Å². The first kappa shape index (κ1) is 17.2. The van der Waals surface area contributed by atoms with Crippen molar-refractivity contribution in [1.82, 2.24) is 4.90 Å².